The van der Waals surface area contributed by atoms with Gasteiger partial charge in [-0.05, 0) is 48.3 Å². The van der Waals surface area contributed by atoms with Gasteiger partial charge in [-0.3, -0.25) is 9.58 Å². The largest absolute Gasteiger partial charge is 0.330 e. The van der Waals surface area contributed by atoms with Crippen LogP contribution in [0, 0.1) is 5.41 Å². The predicted octanol–water partition coefficient (Wildman–Crippen LogP) is 2.64. The summed E-state index contributed by atoms with van der Waals surface area (Å²) in [5, 5.41) is 4.63. The van der Waals surface area contributed by atoms with E-state index in [-0.39, 0.29) is 5.41 Å². The molecule has 1 rings (SSSR count). The fourth-order valence-electron chi connectivity index (χ4n) is 2.28. The summed E-state index contributed by atoms with van der Waals surface area (Å²) >= 11 is 3.69. The van der Waals surface area contributed by atoms with E-state index in [0.29, 0.717) is 6.54 Å². The topological polar surface area (TPSA) is 47.1 Å². The van der Waals surface area contributed by atoms with Crippen LogP contribution in [0.5, 0.6) is 0 Å². The number of halogens is 1. The van der Waals surface area contributed by atoms with Crippen LogP contribution in [-0.2, 0) is 19.5 Å². The number of aryl methyl sites for hydroxylation is 2. The van der Waals surface area contributed by atoms with Gasteiger partial charge in [-0.15, -0.1) is 0 Å². The second-order valence-corrected chi connectivity index (χ2v) is 6.71. The van der Waals surface area contributed by atoms with E-state index < -0.39 is 0 Å². The van der Waals surface area contributed by atoms with Crippen LogP contribution in [0.25, 0.3) is 0 Å². The molecule has 1 aromatic heterocycles. The van der Waals surface area contributed by atoms with Crippen molar-refractivity contribution in [2.45, 2.75) is 47.2 Å². The molecule has 0 bridgehead atoms. The lowest BCUT2D eigenvalue weighted by Gasteiger charge is -2.29. The van der Waals surface area contributed by atoms with E-state index in [2.05, 4.69) is 65.4 Å². The minimum absolute atomic E-state index is 0.145. The molecular formula is C14H27BrN4. The highest BCUT2D eigenvalue weighted by atomic mass is 79.9. The zero-order chi connectivity index (χ0) is 14.6. The third-order valence-corrected chi connectivity index (χ3v) is 4.28. The summed E-state index contributed by atoms with van der Waals surface area (Å²) in [6, 6.07) is 0. The van der Waals surface area contributed by atoms with Crippen molar-refractivity contribution in [3.05, 3.63) is 15.9 Å². The summed E-state index contributed by atoms with van der Waals surface area (Å²) in [6.45, 7) is 12.1. The molecule has 0 aromatic carbocycles. The monoisotopic (exact) mass is 330 g/mol. The average Bonchev–Trinajstić information content (AvgIpc) is 2.65. The summed E-state index contributed by atoms with van der Waals surface area (Å²) in [5.74, 6) is 0. The van der Waals surface area contributed by atoms with Gasteiger partial charge in [0, 0.05) is 19.6 Å². The lowest BCUT2D eigenvalue weighted by Crippen LogP contribution is -2.36. The van der Waals surface area contributed by atoms with Gasteiger partial charge >= 0.3 is 0 Å². The molecular weight excluding hydrogens is 304 g/mol. The van der Waals surface area contributed by atoms with Crippen LogP contribution in [0.4, 0.5) is 0 Å². The van der Waals surface area contributed by atoms with Gasteiger partial charge in [0.15, 0.2) is 0 Å². The van der Waals surface area contributed by atoms with Crippen molar-refractivity contribution < 1.29 is 0 Å². The minimum atomic E-state index is 0.145. The molecule has 0 aliphatic heterocycles. The van der Waals surface area contributed by atoms with Crippen molar-refractivity contribution in [3.8, 4) is 0 Å². The first-order chi connectivity index (χ1) is 8.84. The Bertz CT molecular complexity index is 412. The van der Waals surface area contributed by atoms with Crippen LogP contribution >= 0.6 is 15.9 Å². The summed E-state index contributed by atoms with van der Waals surface area (Å²) < 4.78 is 3.25. The zero-order valence-electron chi connectivity index (χ0n) is 12.8. The van der Waals surface area contributed by atoms with E-state index in [0.717, 1.165) is 36.2 Å². The van der Waals surface area contributed by atoms with Crippen LogP contribution in [0.2, 0.25) is 0 Å². The molecule has 5 heteroatoms. The fraction of sp³-hybridized carbons (Fsp3) is 0.786. The molecule has 1 aromatic rings. The van der Waals surface area contributed by atoms with E-state index in [1.807, 2.05) is 0 Å². The van der Waals surface area contributed by atoms with Gasteiger partial charge in [0.05, 0.1) is 15.9 Å². The quantitative estimate of drug-likeness (QED) is 0.836. The number of nitrogens with zero attached hydrogens (tertiary/aromatic N) is 3. The molecule has 0 aliphatic rings. The molecule has 0 radical (unpaired) electrons. The molecule has 1 heterocycles. The van der Waals surface area contributed by atoms with Crippen LogP contribution in [0.3, 0.4) is 0 Å². The molecule has 2 N–H and O–H groups in total. The van der Waals surface area contributed by atoms with Crippen molar-refractivity contribution in [1.82, 2.24) is 14.7 Å². The Kier molecular flexibility index (Phi) is 6.02. The normalized spacial score (nSPS) is 12.4. The van der Waals surface area contributed by atoms with E-state index in [1.165, 1.54) is 5.69 Å². The lowest BCUT2D eigenvalue weighted by atomic mass is 9.93. The SMILES string of the molecule is CCc1nn(CC)c(CN(C)CC(C)(C)CN)c1Br. The highest BCUT2D eigenvalue weighted by Gasteiger charge is 2.21. The van der Waals surface area contributed by atoms with E-state index >= 15 is 0 Å². The van der Waals surface area contributed by atoms with Crippen molar-refractivity contribution in [2.24, 2.45) is 11.1 Å². The standard InChI is InChI=1S/C14H27BrN4/c1-6-11-13(15)12(19(7-2)17-11)8-18(5)10-14(3,4)9-16/h6-10,16H2,1-5H3. The first-order valence-corrected chi connectivity index (χ1v) is 7.76. The maximum absolute atomic E-state index is 5.81. The highest BCUT2D eigenvalue weighted by molar-refractivity contribution is 9.10. The van der Waals surface area contributed by atoms with Gasteiger partial charge in [0.2, 0.25) is 0 Å². The molecule has 0 saturated carbocycles. The molecule has 0 unspecified atom stereocenters. The number of aromatic nitrogens is 2. The van der Waals surface area contributed by atoms with Crippen molar-refractivity contribution in [3.63, 3.8) is 0 Å². The summed E-state index contributed by atoms with van der Waals surface area (Å²) in [4.78, 5) is 2.32. The van der Waals surface area contributed by atoms with E-state index in [4.69, 9.17) is 5.73 Å². The maximum Gasteiger partial charge on any atom is 0.0767 e. The van der Waals surface area contributed by atoms with Crippen LogP contribution < -0.4 is 5.73 Å². The second kappa shape index (κ2) is 6.86. The number of hydrogen-bond acceptors (Lipinski definition) is 3. The number of rotatable bonds is 7. The van der Waals surface area contributed by atoms with E-state index in [9.17, 15) is 0 Å². The molecule has 0 fully saturated rings. The Labute approximate surface area is 125 Å². The van der Waals surface area contributed by atoms with Gasteiger partial charge in [-0.2, -0.15) is 5.10 Å². The summed E-state index contributed by atoms with van der Waals surface area (Å²) in [7, 11) is 2.14. The molecule has 110 valence electrons. The van der Waals surface area contributed by atoms with Gasteiger partial charge in [-0.1, -0.05) is 20.8 Å². The van der Waals surface area contributed by atoms with Crippen molar-refractivity contribution in [1.29, 1.82) is 0 Å². The van der Waals surface area contributed by atoms with E-state index in [1.54, 1.807) is 0 Å². The molecule has 0 atom stereocenters. The zero-order valence-corrected chi connectivity index (χ0v) is 14.4. The molecule has 19 heavy (non-hydrogen) atoms. The Morgan fingerprint density at radius 3 is 2.47 bits per heavy atom. The molecule has 0 aliphatic carbocycles. The Morgan fingerprint density at radius 1 is 1.37 bits per heavy atom. The molecule has 0 saturated heterocycles. The smallest absolute Gasteiger partial charge is 0.0767 e. The van der Waals surface area contributed by atoms with Crippen molar-refractivity contribution in [2.75, 3.05) is 20.1 Å². The third-order valence-electron chi connectivity index (χ3n) is 3.36. The van der Waals surface area contributed by atoms with Gasteiger partial charge in [0.25, 0.3) is 0 Å². The van der Waals surface area contributed by atoms with Crippen molar-refractivity contribution >= 4 is 15.9 Å². The minimum Gasteiger partial charge on any atom is -0.330 e. The fourth-order valence-corrected chi connectivity index (χ4v) is 2.96. The first kappa shape index (κ1) is 16.7. The Hall–Kier alpha value is -0.390. The Morgan fingerprint density at radius 2 is 2.00 bits per heavy atom. The lowest BCUT2D eigenvalue weighted by molar-refractivity contribution is 0.205. The third kappa shape index (κ3) is 4.29. The number of nitrogens with two attached hydrogens (primary N) is 1. The Balaban J connectivity index is 2.84. The van der Waals surface area contributed by atoms with Crippen LogP contribution in [0.15, 0.2) is 4.47 Å². The van der Waals surface area contributed by atoms with Crippen LogP contribution in [0.1, 0.15) is 39.1 Å². The summed E-state index contributed by atoms with van der Waals surface area (Å²) in [6.07, 6.45) is 0.957. The molecule has 0 amide bonds. The average molecular weight is 331 g/mol. The van der Waals surface area contributed by atoms with Gasteiger partial charge in [-0.25, -0.2) is 0 Å². The highest BCUT2D eigenvalue weighted by Crippen LogP contribution is 2.24. The molecule has 0 spiro atoms. The molecule has 4 nitrogen and oxygen atoms in total. The maximum atomic E-state index is 5.81. The first-order valence-electron chi connectivity index (χ1n) is 6.97. The predicted molar refractivity (Wildman–Crippen MR) is 84.1 cm³/mol. The number of hydrogen-bond donors (Lipinski definition) is 1. The summed E-state index contributed by atoms with van der Waals surface area (Å²) in [5.41, 5.74) is 8.35. The van der Waals surface area contributed by atoms with Gasteiger partial charge in [0.1, 0.15) is 0 Å². The van der Waals surface area contributed by atoms with Gasteiger partial charge < -0.3 is 5.73 Å². The van der Waals surface area contributed by atoms with Crippen LogP contribution in [-0.4, -0.2) is 34.8 Å². The second-order valence-electron chi connectivity index (χ2n) is 5.92.